The predicted molar refractivity (Wildman–Crippen MR) is 76.4 cm³/mol. The molecule has 0 bridgehead atoms. The minimum Gasteiger partial charge on any atom is -0.393 e. The zero-order valence-corrected chi connectivity index (χ0v) is 12.0. The number of aromatic nitrogens is 1. The van der Waals surface area contributed by atoms with Gasteiger partial charge in [-0.25, -0.2) is 4.98 Å². The van der Waals surface area contributed by atoms with Gasteiger partial charge in [-0.1, -0.05) is 11.3 Å². The Morgan fingerprint density at radius 1 is 1.68 bits per heavy atom. The lowest BCUT2D eigenvalue weighted by molar-refractivity contribution is 0.0774. The van der Waals surface area contributed by atoms with Gasteiger partial charge in [-0.3, -0.25) is 4.79 Å². The molecule has 1 aliphatic rings. The molecule has 1 fully saturated rings. The number of aliphatic hydroxyl groups is 1. The third-order valence-electron chi connectivity index (χ3n) is 2.98. The van der Waals surface area contributed by atoms with Crippen LogP contribution in [0, 0.1) is 0 Å². The van der Waals surface area contributed by atoms with E-state index < -0.39 is 6.10 Å². The first-order chi connectivity index (χ1) is 8.97. The van der Waals surface area contributed by atoms with Crippen LogP contribution in [-0.4, -0.2) is 46.6 Å². The summed E-state index contributed by atoms with van der Waals surface area (Å²) < 4.78 is 0. The Balaban J connectivity index is 1.98. The number of carbonyl (C=O) groups excluding carboxylic acids is 1. The van der Waals surface area contributed by atoms with Gasteiger partial charge in [-0.05, 0) is 26.2 Å². The number of hydrogen-bond donors (Lipinski definition) is 3. The van der Waals surface area contributed by atoms with E-state index in [1.54, 1.807) is 18.9 Å². The van der Waals surface area contributed by atoms with Crippen molar-refractivity contribution >= 4 is 28.2 Å². The summed E-state index contributed by atoms with van der Waals surface area (Å²) in [6, 6.07) is 0.487. The second-order valence-electron chi connectivity index (χ2n) is 5.02. The SMILES string of the molecule is CC(O)CCN(C)C(=O)c1sc(NC2CC2)nc1N. The van der Waals surface area contributed by atoms with Crippen LogP contribution in [0.5, 0.6) is 0 Å². The first-order valence-electron chi connectivity index (χ1n) is 6.43. The third kappa shape index (κ3) is 3.81. The van der Waals surface area contributed by atoms with Crippen LogP contribution in [0.15, 0.2) is 0 Å². The van der Waals surface area contributed by atoms with Gasteiger partial charge < -0.3 is 21.1 Å². The van der Waals surface area contributed by atoms with Crippen molar-refractivity contribution in [2.24, 2.45) is 0 Å². The number of hydrogen-bond acceptors (Lipinski definition) is 6. The van der Waals surface area contributed by atoms with E-state index >= 15 is 0 Å². The molecule has 1 aromatic heterocycles. The van der Waals surface area contributed by atoms with E-state index in [4.69, 9.17) is 5.73 Å². The number of nitrogen functional groups attached to an aromatic ring is 1. The van der Waals surface area contributed by atoms with E-state index in [1.807, 2.05) is 0 Å². The van der Waals surface area contributed by atoms with Crippen molar-refractivity contribution in [3.8, 4) is 0 Å². The molecule has 4 N–H and O–H groups in total. The summed E-state index contributed by atoms with van der Waals surface area (Å²) >= 11 is 1.30. The Kier molecular flexibility index (Phi) is 4.26. The largest absolute Gasteiger partial charge is 0.393 e. The van der Waals surface area contributed by atoms with E-state index in [0.717, 1.165) is 12.8 Å². The number of anilines is 2. The Labute approximate surface area is 116 Å². The molecule has 19 heavy (non-hydrogen) atoms. The van der Waals surface area contributed by atoms with Crippen LogP contribution in [0.1, 0.15) is 35.9 Å². The number of carbonyl (C=O) groups is 1. The van der Waals surface area contributed by atoms with Crippen LogP contribution in [0.4, 0.5) is 10.9 Å². The van der Waals surface area contributed by atoms with Crippen LogP contribution >= 0.6 is 11.3 Å². The number of rotatable bonds is 6. The molecular formula is C12H20N4O2S. The topological polar surface area (TPSA) is 91.5 Å². The van der Waals surface area contributed by atoms with Crippen LogP contribution in [-0.2, 0) is 0 Å². The van der Waals surface area contributed by atoms with Gasteiger partial charge in [0.1, 0.15) is 10.7 Å². The average molecular weight is 284 g/mol. The summed E-state index contributed by atoms with van der Waals surface area (Å²) in [6.07, 6.45) is 2.43. The fourth-order valence-electron chi connectivity index (χ4n) is 1.60. The summed E-state index contributed by atoms with van der Waals surface area (Å²) in [4.78, 5) is 18.4. The van der Waals surface area contributed by atoms with E-state index in [0.29, 0.717) is 29.0 Å². The standard InChI is InChI=1S/C12H20N4O2S/c1-7(17)5-6-16(2)11(18)9-10(13)15-12(19-9)14-8-3-4-8/h7-8,17H,3-6,13H2,1-2H3,(H,14,15). The highest BCUT2D eigenvalue weighted by atomic mass is 32.1. The highest BCUT2D eigenvalue weighted by Gasteiger charge is 2.25. The van der Waals surface area contributed by atoms with Gasteiger partial charge in [0, 0.05) is 19.6 Å². The molecule has 1 aromatic rings. The number of nitrogens with one attached hydrogen (secondary N) is 1. The molecule has 1 heterocycles. The number of amides is 1. The molecule has 1 atom stereocenters. The van der Waals surface area contributed by atoms with Crippen molar-refractivity contribution in [3.63, 3.8) is 0 Å². The number of aliphatic hydroxyl groups excluding tert-OH is 1. The van der Waals surface area contributed by atoms with Crippen molar-refractivity contribution in [2.75, 3.05) is 24.6 Å². The molecule has 7 heteroatoms. The van der Waals surface area contributed by atoms with Gasteiger partial charge >= 0.3 is 0 Å². The van der Waals surface area contributed by atoms with Crippen LogP contribution in [0.25, 0.3) is 0 Å². The molecule has 2 rings (SSSR count). The zero-order chi connectivity index (χ0) is 14.0. The molecule has 0 spiro atoms. The van der Waals surface area contributed by atoms with E-state index in [-0.39, 0.29) is 11.7 Å². The van der Waals surface area contributed by atoms with Gasteiger partial charge in [0.2, 0.25) is 0 Å². The molecule has 0 saturated heterocycles. The van der Waals surface area contributed by atoms with E-state index in [9.17, 15) is 9.90 Å². The number of nitrogens with zero attached hydrogens (tertiary/aromatic N) is 2. The minimum atomic E-state index is -0.416. The van der Waals surface area contributed by atoms with Gasteiger partial charge in [-0.2, -0.15) is 0 Å². The van der Waals surface area contributed by atoms with Gasteiger partial charge in [0.15, 0.2) is 5.13 Å². The van der Waals surface area contributed by atoms with Gasteiger partial charge in [-0.15, -0.1) is 0 Å². The van der Waals surface area contributed by atoms with Gasteiger partial charge in [0.25, 0.3) is 5.91 Å². The monoisotopic (exact) mass is 284 g/mol. The first-order valence-corrected chi connectivity index (χ1v) is 7.25. The number of thiazole rings is 1. The molecule has 6 nitrogen and oxygen atoms in total. The van der Waals surface area contributed by atoms with Gasteiger partial charge in [0.05, 0.1) is 6.10 Å². The molecule has 1 saturated carbocycles. The molecule has 1 unspecified atom stereocenters. The molecule has 1 amide bonds. The van der Waals surface area contributed by atoms with Crippen molar-refractivity contribution in [3.05, 3.63) is 4.88 Å². The second-order valence-corrected chi connectivity index (χ2v) is 6.02. The van der Waals surface area contributed by atoms with Crippen molar-refractivity contribution in [1.82, 2.24) is 9.88 Å². The highest BCUT2D eigenvalue weighted by Crippen LogP contribution is 2.31. The lowest BCUT2D eigenvalue weighted by Gasteiger charge is -2.17. The maximum atomic E-state index is 12.2. The fourth-order valence-corrected chi connectivity index (χ4v) is 2.56. The lowest BCUT2D eigenvalue weighted by atomic mass is 10.2. The summed E-state index contributed by atoms with van der Waals surface area (Å²) in [5.41, 5.74) is 5.79. The fraction of sp³-hybridized carbons (Fsp3) is 0.667. The van der Waals surface area contributed by atoms with E-state index in [2.05, 4.69) is 10.3 Å². The Morgan fingerprint density at radius 3 is 2.95 bits per heavy atom. The molecule has 0 aromatic carbocycles. The smallest absolute Gasteiger partial charge is 0.267 e. The van der Waals surface area contributed by atoms with Crippen molar-refractivity contribution in [2.45, 2.75) is 38.3 Å². The zero-order valence-electron chi connectivity index (χ0n) is 11.2. The molecule has 1 aliphatic carbocycles. The Bertz CT molecular complexity index is 457. The minimum absolute atomic E-state index is 0.139. The molecular weight excluding hydrogens is 264 g/mol. The number of nitrogens with two attached hydrogens (primary N) is 1. The van der Waals surface area contributed by atoms with Crippen LogP contribution < -0.4 is 11.1 Å². The van der Waals surface area contributed by atoms with Crippen LogP contribution in [0.2, 0.25) is 0 Å². The normalized spacial score (nSPS) is 16.2. The predicted octanol–water partition coefficient (Wildman–Crippen LogP) is 1.14. The molecule has 106 valence electrons. The maximum absolute atomic E-state index is 12.2. The highest BCUT2D eigenvalue weighted by molar-refractivity contribution is 7.18. The molecule has 0 aliphatic heterocycles. The third-order valence-corrected chi connectivity index (χ3v) is 3.97. The summed E-state index contributed by atoms with van der Waals surface area (Å²) in [7, 11) is 1.71. The molecule has 0 radical (unpaired) electrons. The maximum Gasteiger partial charge on any atom is 0.267 e. The van der Waals surface area contributed by atoms with E-state index in [1.165, 1.54) is 11.3 Å². The lowest BCUT2D eigenvalue weighted by Crippen LogP contribution is -2.29. The first kappa shape index (κ1) is 14.1. The van der Waals surface area contributed by atoms with Crippen molar-refractivity contribution < 1.29 is 9.90 Å². The summed E-state index contributed by atoms with van der Waals surface area (Å²) in [5.74, 6) is 0.140. The second kappa shape index (κ2) is 5.75. The quantitative estimate of drug-likeness (QED) is 0.728. The van der Waals surface area contributed by atoms with Crippen molar-refractivity contribution in [1.29, 1.82) is 0 Å². The Morgan fingerprint density at radius 2 is 2.37 bits per heavy atom. The van der Waals surface area contributed by atoms with Crippen LogP contribution in [0.3, 0.4) is 0 Å². The average Bonchev–Trinajstić information content (AvgIpc) is 3.08. The summed E-state index contributed by atoms with van der Waals surface area (Å²) in [5, 5.41) is 13.2. The Hall–Kier alpha value is -1.34. The summed E-state index contributed by atoms with van der Waals surface area (Å²) in [6.45, 7) is 2.20.